The monoisotopic (exact) mass is 291 g/mol. The van der Waals surface area contributed by atoms with Crippen LogP contribution >= 0.6 is 0 Å². The lowest BCUT2D eigenvalue weighted by Crippen LogP contribution is -1.95. The van der Waals surface area contributed by atoms with E-state index in [2.05, 4.69) is 11.1 Å². The summed E-state index contributed by atoms with van der Waals surface area (Å²) in [6, 6.07) is 17.8. The number of rotatable bonds is 5. The van der Waals surface area contributed by atoms with Crippen LogP contribution in [0.25, 0.3) is 16.5 Å². The van der Waals surface area contributed by atoms with Crippen molar-refractivity contribution in [1.82, 2.24) is 4.98 Å². The number of H-pyrrole nitrogens is 1. The fourth-order valence-electron chi connectivity index (χ4n) is 2.71. The van der Waals surface area contributed by atoms with Gasteiger partial charge in [-0.1, -0.05) is 48.5 Å². The number of hydrogen-bond donors (Lipinski definition) is 2. The fourth-order valence-corrected chi connectivity index (χ4v) is 2.71. The van der Waals surface area contributed by atoms with E-state index in [9.17, 15) is 4.79 Å². The minimum Gasteiger partial charge on any atom is -0.478 e. The van der Waals surface area contributed by atoms with Gasteiger partial charge in [-0.2, -0.15) is 0 Å². The summed E-state index contributed by atoms with van der Waals surface area (Å²) >= 11 is 0. The number of benzene rings is 2. The highest BCUT2D eigenvalue weighted by atomic mass is 16.4. The van der Waals surface area contributed by atoms with Gasteiger partial charge in [0.2, 0.25) is 0 Å². The third-order valence-corrected chi connectivity index (χ3v) is 3.78. The summed E-state index contributed by atoms with van der Waals surface area (Å²) < 4.78 is 0. The highest BCUT2D eigenvalue weighted by molar-refractivity contribution is 5.90. The zero-order valence-electron chi connectivity index (χ0n) is 12.1. The van der Waals surface area contributed by atoms with Crippen LogP contribution in [0.15, 0.2) is 66.9 Å². The highest BCUT2D eigenvalue weighted by Gasteiger charge is 2.07. The molecule has 2 N–H and O–H groups in total. The van der Waals surface area contributed by atoms with E-state index in [4.69, 9.17) is 5.11 Å². The van der Waals surface area contributed by atoms with Crippen LogP contribution in [-0.2, 0) is 11.2 Å². The van der Waals surface area contributed by atoms with Crippen LogP contribution < -0.4 is 0 Å². The standard InChI is InChI=1S/C19H17NO2/c21-19(22)12-15(14-6-2-1-3-7-14)10-11-16-13-20-18-9-5-4-8-17(16)18/h1-9,12-13,20H,10-11H2,(H,21,22)/b15-12-. The molecule has 0 fully saturated rings. The van der Waals surface area contributed by atoms with E-state index in [0.29, 0.717) is 6.42 Å². The molecule has 22 heavy (non-hydrogen) atoms. The van der Waals surface area contributed by atoms with Crippen LogP contribution in [0.2, 0.25) is 0 Å². The molecule has 0 aliphatic heterocycles. The van der Waals surface area contributed by atoms with Gasteiger partial charge in [-0.15, -0.1) is 0 Å². The smallest absolute Gasteiger partial charge is 0.328 e. The van der Waals surface area contributed by atoms with Gasteiger partial charge in [-0.25, -0.2) is 4.79 Å². The van der Waals surface area contributed by atoms with E-state index < -0.39 is 5.97 Å². The molecule has 3 rings (SSSR count). The van der Waals surface area contributed by atoms with Crippen LogP contribution in [-0.4, -0.2) is 16.1 Å². The topological polar surface area (TPSA) is 53.1 Å². The molecule has 0 atom stereocenters. The lowest BCUT2D eigenvalue weighted by Gasteiger charge is -2.07. The Balaban J connectivity index is 1.84. The second-order valence-electron chi connectivity index (χ2n) is 5.23. The Bertz CT molecular complexity index is 816. The average molecular weight is 291 g/mol. The minimum atomic E-state index is -0.905. The number of carboxylic acids is 1. The third-order valence-electron chi connectivity index (χ3n) is 3.78. The van der Waals surface area contributed by atoms with Crippen molar-refractivity contribution in [2.24, 2.45) is 0 Å². The van der Waals surface area contributed by atoms with E-state index in [1.54, 1.807) is 0 Å². The number of para-hydroxylation sites is 1. The molecule has 0 amide bonds. The van der Waals surface area contributed by atoms with Gasteiger partial charge in [0.05, 0.1) is 0 Å². The molecule has 2 aromatic carbocycles. The molecule has 0 spiro atoms. The first-order valence-corrected chi connectivity index (χ1v) is 7.28. The van der Waals surface area contributed by atoms with E-state index in [1.165, 1.54) is 17.0 Å². The number of allylic oxidation sites excluding steroid dienone is 1. The molecule has 0 saturated heterocycles. The Morgan fingerprint density at radius 2 is 1.77 bits per heavy atom. The van der Waals surface area contributed by atoms with Crippen molar-refractivity contribution in [3.63, 3.8) is 0 Å². The lowest BCUT2D eigenvalue weighted by molar-refractivity contribution is -0.131. The zero-order chi connectivity index (χ0) is 15.4. The molecule has 3 nitrogen and oxygen atoms in total. The zero-order valence-corrected chi connectivity index (χ0v) is 12.1. The summed E-state index contributed by atoms with van der Waals surface area (Å²) in [6.07, 6.45) is 4.81. The van der Waals surface area contributed by atoms with Gasteiger partial charge in [0.25, 0.3) is 0 Å². The lowest BCUT2D eigenvalue weighted by atomic mass is 9.98. The molecule has 0 unspecified atom stereocenters. The van der Waals surface area contributed by atoms with Gasteiger partial charge in [-0.05, 0) is 35.6 Å². The molecule has 3 aromatic rings. The van der Waals surface area contributed by atoms with Gasteiger partial charge in [0.15, 0.2) is 0 Å². The number of aliphatic carboxylic acids is 1. The first kappa shape index (κ1) is 14.1. The molecule has 0 bridgehead atoms. The second-order valence-corrected chi connectivity index (χ2v) is 5.23. The summed E-state index contributed by atoms with van der Waals surface area (Å²) in [5.41, 5.74) is 4.13. The van der Waals surface area contributed by atoms with Crippen LogP contribution in [0.1, 0.15) is 17.5 Å². The molecular weight excluding hydrogens is 274 g/mol. The minimum absolute atomic E-state index is 0.693. The number of fused-ring (bicyclic) bond motifs is 1. The van der Waals surface area contributed by atoms with Gasteiger partial charge in [0.1, 0.15) is 0 Å². The summed E-state index contributed by atoms with van der Waals surface area (Å²) in [5, 5.41) is 10.3. The number of carbonyl (C=O) groups is 1. The van der Waals surface area contributed by atoms with E-state index >= 15 is 0 Å². The molecular formula is C19H17NO2. The third kappa shape index (κ3) is 3.09. The molecule has 0 saturated carbocycles. The van der Waals surface area contributed by atoms with Gasteiger partial charge >= 0.3 is 5.97 Å². The Labute approximate surface area is 128 Å². The van der Waals surface area contributed by atoms with Crippen molar-refractivity contribution in [2.45, 2.75) is 12.8 Å². The summed E-state index contributed by atoms with van der Waals surface area (Å²) in [5.74, 6) is -0.905. The number of aromatic nitrogens is 1. The Morgan fingerprint density at radius 1 is 1.05 bits per heavy atom. The number of aryl methyl sites for hydroxylation is 1. The van der Waals surface area contributed by atoms with E-state index in [-0.39, 0.29) is 0 Å². The molecule has 0 aliphatic rings. The summed E-state index contributed by atoms with van der Waals surface area (Å²) in [6.45, 7) is 0. The summed E-state index contributed by atoms with van der Waals surface area (Å²) in [4.78, 5) is 14.3. The molecule has 1 heterocycles. The van der Waals surface area contributed by atoms with Crippen LogP contribution in [0, 0.1) is 0 Å². The Morgan fingerprint density at radius 3 is 2.55 bits per heavy atom. The largest absolute Gasteiger partial charge is 0.478 e. The maximum Gasteiger partial charge on any atom is 0.328 e. The predicted molar refractivity (Wildman–Crippen MR) is 88.7 cm³/mol. The number of carboxylic acid groups (broad SMARTS) is 1. The van der Waals surface area contributed by atoms with Crippen molar-refractivity contribution in [3.8, 4) is 0 Å². The Kier molecular flexibility index (Phi) is 4.05. The van der Waals surface area contributed by atoms with Crippen molar-refractivity contribution in [3.05, 3.63) is 78.0 Å². The van der Waals surface area contributed by atoms with Crippen molar-refractivity contribution < 1.29 is 9.90 Å². The van der Waals surface area contributed by atoms with Gasteiger partial charge < -0.3 is 10.1 Å². The number of hydrogen-bond acceptors (Lipinski definition) is 1. The van der Waals surface area contributed by atoms with Crippen molar-refractivity contribution in [2.75, 3.05) is 0 Å². The van der Waals surface area contributed by atoms with Crippen LogP contribution in [0.3, 0.4) is 0 Å². The van der Waals surface area contributed by atoms with Gasteiger partial charge in [-0.3, -0.25) is 0 Å². The number of aromatic amines is 1. The number of nitrogens with one attached hydrogen (secondary N) is 1. The first-order valence-electron chi connectivity index (χ1n) is 7.28. The quantitative estimate of drug-likeness (QED) is 0.690. The predicted octanol–water partition coefficient (Wildman–Crippen LogP) is 4.27. The maximum absolute atomic E-state index is 11.1. The maximum atomic E-state index is 11.1. The van der Waals surface area contributed by atoms with Crippen LogP contribution in [0.5, 0.6) is 0 Å². The average Bonchev–Trinajstić information content (AvgIpc) is 2.95. The van der Waals surface area contributed by atoms with E-state index in [0.717, 1.165) is 23.1 Å². The molecule has 0 aliphatic carbocycles. The SMILES string of the molecule is O=C(O)/C=C(/CCc1c[nH]c2ccccc12)c1ccccc1. The van der Waals surface area contributed by atoms with Crippen LogP contribution in [0.4, 0.5) is 0 Å². The van der Waals surface area contributed by atoms with Crippen molar-refractivity contribution >= 4 is 22.4 Å². The first-order chi connectivity index (χ1) is 10.7. The molecule has 1 aromatic heterocycles. The fraction of sp³-hybridized carbons (Fsp3) is 0.105. The molecule has 3 heteroatoms. The van der Waals surface area contributed by atoms with Crippen molar-refractivity contribution in [1.29, 1.82) is 0 Å². The highest BCUT2D eigenvalue weighted by Crippen LogP contribution is 2.24. The second kappa shape index (κ2) is 6.31. The molecule has 110 valence electrons. The van der Waals surface area contributed by atoms with E-state index in [1.807, 2.05) is 54.7 Å². The summed E-state index contributed by atoms with van der Waals surface area (Å²) in [7, 11) is 0. The van der Waals surface area contributed by atoms with Gasteiger partial charge in [0, 0.05) is 23.2 Å². The Hall–Kier alpha value is -2.81. The molecule has 0 radical (unpaired) electrons. The normalized spacial score (nSPS) is 11.7.